The molecular weight excluding hydrogens is 248 g/mol. The van der Waals surface area contributed by atoms with E-state index in [1.54, 1.807) is 0 Å². The zero-order valence-corrected chi connectivity index (χ0v) is 10.5. The summed E-state index contributed by atoms with van der Waals surface area (Å²) in [6.45, 7) is 0.869. The van der Waals surface area contributed by atoms with Crippen molar-refractivity contribution in [3.05, 3.63) is 32.6 Å². The third kappa shape index (κ3) is 2.47. The van der Waals surface area contributed by atoms with Crippen molar-refractivity contribution < 1.29 is 9.90 Å². The fourth-order valence-corrected chi connectivity index (χ4v) is 2.23. The van der Waals surface area contributed by atoms with Crippen LogP contribution >= 0.6 is 0 Å². The Bertz CT molecular complexity index is 635. The second-order valence-corrected chi connectivity index (χ2v) is 5.59. The standard InChI is InChI=1S/C13H16N2O4/c16-11-10(12(17)18)7-14(5-8-1-2-8)13(19)15(11)6-9-3-4-9/h7-9H,1-6H2,(H,17,18). The lowest BCUT2D eigenvalue weighted by molar-refractivity contribution is 0.0692. The van der Waals surface area contributed by atoms with E-state index in [2.05, 4.69) is 0 Å². The second kappa shape index (κ2) is 4.36. The summed E-state index contributed by atoms with van der Waals surface area (Å²) in [4.78, 5) is 35.4. The number of rotatable bonds is 5. The fraction of sp³-hybridized carbons (Fsp3) is 0.615. The first kappa shape index (κ1) is 12.2. The van der Waals surface area contributed by atoms with Gasteiger partial charge in [-0.15, -0.1) is 0 Å². The molecule has 1 N–H and O–H groups in total. The molecule has 6 nitrogen and oxygen atoms in total. The van der Waals surface area contributed by atoms with Gasteiger partial charge in [0.25, 0.3) is 5.56 Å². The number of aromatic nitrogens is 2. The summed E-state index contributed by atoms with van der Waals surface area (Å²) >= 11 is 0. The van der Waals surface area contributed by atoms with Gasteiger partial charge in [0.05, 0.1) is 0 Å². The third-order valence-electron chi connectivity index (χ3n) is 3.76. The number of carboxylic acids is 1. The largest absolute Gasteiger partial charge is 0.477 e. The van der Waals surface area contributed by atoms with E-state index in [-0.39, 0.29) is 11.3 Å². The van der Waals surface area contributed by atoms with E-state index in [0.717, 1.165) is 30.3 Å². The van der Waals surface area contributed by atoms with Crippen molar-refractivity contribution in [1.82, 2.24) is 9.13 Å². The summed E-state index contributed by atoms with van der Waals surface area (Å²) in [5.41, 5.74) is -1.34. The van der Waals surface area contributed by atoms with Crippen LogP contribution in [0.5, 0.6) is 0 Å². The molecule has 2 saturated carbocycles. The van der Waals surface area contributed by atoms with Crippen LogP contribution in [0.15, 0.2) is 15.8 Å². The van der Waals surface area contributed by atoms with Crippen LogP contribution in [0.1, 0.15) is 36.0 Å². The van der Waals surface area contributed by atoms with E-state index in [1.807, 2.05) is 0 Å². The Balaban J connectivity index is 2.07. The van der Waals surface area contributed by atoms with E-state index in [0.29, 0.717) is 24.9 Å². The van der Waals surface area contributed by atoms with Gasteiger partial charge in [-0.3, -0.25) is 13.9 Å². The van der Waals surface area contributed by atoms with Crippen molar-refractivity contribution >= 4 is 5.97 Å². The van der Waals surface area contributed by atoms with Crippen LogP contribution in [-0.4, -0.2) is 20.2 Å². The maximum absolute atomic E-state index is 12.2. The number of carboxylic acid groups (broad SMARTS) is 1. The Hall–Kier alpha value is -1.85. The zero-order valence-electron chi connectivity index (χ0n) is 10.5. The van der Waals surface area contributed by atoms with Crippen molar-refractivity contribution in [2.45, 2.75) is 38.8 Å². The van der Waals surface area contributed by atoms with Gasteiger partial charge in [-0.2, -0.15) is 0 Å². The summed E-state index contributed by atoms with van der Waals surface area (Å²) < 4.78 is 2.49. The van der Waals surface area contributed by atoms with Crippen LogP contribution in [0, 0.1) is 11.8 Å². The van der Waals surface area contributed by atoms with Crippen LogP contribution in [0.4, 0.5) is 0 Å². The molecule has 0 aromatic carbocycles. The van der Waals surface area contributed by atoms with Gasteiger partial charge < -0.3 is 5.11 Å². The molecule has 1 aromatic rings. The second-order valence-electron chi connectivity index (χ2n) is 5.59. The van der Waals surface area contributed by atoms with Crippen molar-refractivity contribution in [3.8, 4) is 0 Å². The monoisotopic (exact) mass is 264 g/mol. The van der Waals surface area contributed by atoms with Crippen LogP contribution in [0.3, 0.4) is 0 Å². The van der Waals surface area contributed by atoms with Crippen molar-refractivity contribution in [3.63, 3.8) is 0 Å². The lowest BCUT2D eigenvalue weighted by atomic mass is 10.3. The van der Waals surface area contributed by atoms with Gasteiger partial charge in [0, 0.05) is 19.3 Å². The van der Waals surface area contributed by atoms with Gasteiger partial charge in [-0.05, 0) is 37.5 Å². The number of hydrogen-bond acceptors (Lipinski definition) is 3. The molecule has 0 bridgehead atoms. The van der Waals surface area contributed by atoms with Crippen molar-refractivity contribution in [2.24, 2.45) is 11.8 Å². The highest BCUT2D eigenvalue weighted by molar-refractivity contribution is 5.86. The van der Waals surface area contributed by atoms with Crippen molar-refractivity contribution in [2.75, 3.05) is 0 Å². The van der Waals surface area contributed by atoms with Gasteiger partial charge in [-0.25, -0.2) is 9.59 Å². The normalized spacial score (nSPS) is 18.5. The first-order chi connectivity index (χ1) is 9.06. The lowest BCUT2D eigenvalue weighted by Gasteiger charge is -2.10. The van der Waals surface area contributed by atoms with E-state index >= 15 is 0 Å². The minimum absolute atomic E-state index is 0.305. The zero-order chi connectivity index (χ0) is 13.6. The molecular formula is C13H16N2O4. The highest BCUT2D eigenvalue weighted by Crippen LogP contribution is 2.31. The Morgan fingerprint density at radius 1 is 1.16 bits per heavy atom. The summed E-state index contributed by atoms with van der Waals surface area (Å²) in [5.74, 6) is -0.464. The molecule has 19 heavy (non-hydrogen) atoms. The number of hydrogen-bond donors (Lipinski definition) is 1. The molecule has 2 aliphatic carbocycles. The molecule has 0 spiro atoms. The van der Waals surface area contributed by atoms with Gasteiger partial charge in [-0.1, -0.05) is 0 Å². The van der Waals surface area contributed by atoms with E-state index < -0.39 is 11.5 Å². The molecule has 1 heterocycles. The minimum Gasteiger partial charge on any atom is -0.477 e. The maximum atomic E-state index is 12.2. The van der Waals surface area contributed by atoms with Gasteiger partial charge in [0.1, 0.15) is 5.56 Å². The first-order valence-corrected chi connectivity index (χ1v) is 6.64. The summed E-state index contributed by atoms with van der Waals surface area (Å²) in [7, 11) is 0. The smallest absolute Gasteiger partial charge is 0.342 e. The van der Waals surface area contributed by atoms with E-state index in [9.17, 15) is 14.4 Å². The summed E-state index contributed by atoms with van der Waals surface area (Å²) in [6.07, 6.45) is 5.35. The van der Waals surface area contributed by atoms with Crippen LogP contribution in [-0.2, 0) is 13.1 Å². The Kier molecular flexibility index (Phi) is 2.80. The van der Waals surface area contributed by atoms with Crippen LogP contribution in [0.25, 0.3) is 0 Å². The quantitative estimate of drug-likeness (QED) is 0.841. The molecule has 0 atom stereocenters. The Morgan fingerprint density at radius 2 is 1.74 bits per heavy atom. The highest BCUT2D eigenvalue weighted by atomic mass is 16.4. The van der Waals surface area contributed by atoms with Gasteiger partial charge >= 0.3 is 11.7 Å². The van der Waals surface area contributed by atoms with Crippen LogP contribution in [0.2, 0.25) is 0 Å². The predicted octanol–water partition coefficient (Wildman–Crippen LogP) is 0.528. The first-order valence-electron chi connectivity index (χ1n) is 6.64. The number of nitrogens with zero attached hydrogens (tertiary/aromatic N) is 2. The SMILES string of the molecule is O=C(O)c1cn(CC2CC2)c(=O)n(CC2CC2)c1=O. The average molecular weight is 264 g/mol. The molecule has 1 aromatic heterocycles. The minimum atomic E-state index is -1.26. The maximum Gasteiger partial charge on any atom is 0.342 e. The molecule has 0 amide bonds. The van der Waals surface area contributed by atoms with Crippen LogP contribution < -0.4 is 11.2 Å². The molecule has 0 unspecified atom stereocenters. The molecule has 102 valence electrons. The average Bonchev–Trinajstić information content (AvgIpc) is 3.22. The van der Waals surface area contributed by atoms with Gasteiger partial charge in [0.15, 0.2) is 0 Å². The molecule has 0 radical (unpaired) electrons. The molecule has 2 aliphatic rings. The predicted molar refractivity (Wildman–Crippen MR) is 67.4 cm³/mol. The molecule has 2 fully saturated rings. The number of carbonyl (C=O) groups is 1. The van der Waals surface area contributed by atoms with Crippen molar-refractivity contribution in [1.29, 1.82) is 0 Å². The topological polar surface area (TPSA) is 81.3 Å². The molecule has 0 saturated heterocycles. The molecule has 3 rings (SSSR count). The Labute approximate surface area is 109 Å². The summed E-state index contributed by atoms with van der Waals surface area (Å²) in [6, 6.07) is 0. The Morgan fingerprint density at radius 3 is 2.26 bits per heavy atom. The fourth-order valence-electron chi connectivity index (χ4n) is 2.23. The summed E-state index contributed by atoms with van der Waals surface area (Å²) in [5, 5.41) is 9.08. The third-order valence-corrected chi connectivity index (χ3v) is 3.76. The molecule has 6 heteroatoms. The highest BCUT2D eigenvalue weighted by Gasteiger charge is 2.27. The number of aromatic carboxylic acids is 1. The molecule has 0 aliphatic heterocycles. The van der Waals surface area contributed by atoms with E-state index in [1.165, 1.54) is 10.8 Å². The van der Waals surface area contributed by atoms with Gasteiger partial charge in [0.2, 0.25) is 0 Å². The van der Waals surface area contributed by atoms with E-state index in [4.69, 9.17) is 5.11 Å². The lowest BCUT2D eigenvalue weighted by Crippen LogP contribution is -2.43.